The van der Waals surface area contributed by atoms with Gasteiger partial charge in [-0.2, -0.15) is 0 Å². The quantitative estimate of drug-likeness (QED) is 0.656. The van der Waals surface area contributed by atoms with Crippen molar-refractivity contribution in [2.24, 2.45) is 0 Å². The number of aromatic hydroxyl groups is 1. The smallest absolute Gasteiger partial charge is 0.255 e. The van der Waals surface area contributed by atoms with Crippen LogP contribution in [0.1, 0.15) is 23.2 Å². The number of ether oxygens (including phenoxy) is 1. The van der Waals surface area contributed by atoms with Gasteiger partial charge in [0.25, 0.3) is 5.91 Å². The number of rotatable bonds is 6. The third kappa shape index (κ3) is 3.37. The molecule has 2 rings (SSSR count). The van der Waals surface area contributed by atoms with Gasteiger partial charge in [0.1, 0.15) is 11.5 Å². The summed E-state index contributed by atoms with van der Waals surface area (Å²) in [7, 11) is 1.51. The highest BCUT2D eigenvalue weighted by Gasteiger charge is 2.19. The van der Waals surface area contributed by atoms with Crippen LogP contribution in [-0.4, -0.2) is 37.3 Å². The first-order chi connectivity index (χ1) is 8.70. The number of amides is 1. The van der Waals surface area contributed by atoms with Crippen LogP contribution >= 0.6 is 0 Å². The predicted octanol–water partition coefficient (Wildman–Crippen LogP) is 0.883. The van der Waals surface area contributed by atoms with Crippen LogP contribution in [0.4, 0.5) is 0 Å². The van der Waals surface area contributed by atoms with E-state index in [-0.39, 0.29) is 17.2 Å². The van der Waals surface area contributed by atoms with Gasteiger partial charge in [-0.3, -0.25) is 4.79 Å². The summed E-state index contributed by atoms with van der Waals surface area (Å²) in [6.07, 6.45) is 2.46. The lowest BCUT2D eigenvalue weighted by molar-refractivity contribution is 0.0951. The van der Waals surface area contributed by atoms with E-state index in [4.69, 9.17) is 4.74 Å². The summed E-state index contributed by atoms with van der Waals surface area (Å²) >= 11 is 0. The highest BCUT2D eigenvalue weighted by molar-refractivity contribution is 5.96. The van der Waals surface area contributed by atoms with Gasteiger partial charge in [-0.1, -0.05) is 0 Å². The van der Waals surface area contributed by atoms with Crippen LogP contribution in [-0.2, 0) is 0 Å². The Kier molecular flexibility index (Phi) is 4.04. The zero-order valence-electron chi connectivity index (χ0n) is 10.4. The minimum atomic E-state index is -0.271. The summed E-state index contributed by atoms with van der Waals surface area (Å²) in [5.41, 5.74) is 0.266. The van der Waals surface area contributed by atoms with Gasteiger partial charge in [0.15, 0.2) is 0 Å². The summed E-state index contributed by atoms with van der Waals surface area (Å²) in [6.45, 7) is 1.31. The summed E-state index contributed by atoms with van der Waals surface area (Å²) < 4.78 is 4.96. The van der Waals surface area contributed by atoms with Crippen LogP contribution in [0.25, 0.3) is 0 Å². The summed E-state index contributed by atoms with van der Waals surface area (Å²) in [6, 6.07) is 5.27. The van der Waals surface area contributed by atoms with E-state index in [0.29, 0.717) is 18.3 Å². The average Bonchev–Trinajstić information content (AvgIpc) is 3.18. The molecule has 5 heteroatoms. The number of benzene rings is 1. The maximum atomic E-state index is 11.8. The van der Waals surface area contributed by atoms with Gasteiger partial charge in [-0.15, -0.1) is 0 Å². The number of hydrogen-bond acceptors (Lipinski definition) is 4. The Hall–Kier alpha value is -1.75. The third-order valence-electron chi connectivity index (χ3n) is 2.87. The minimum absolute atomic E-state index is 0.0676. The lowest BCUT2D eigenvalue weighted by atomic mass is 10.2. The Bertz CT molecular complexity index is 430. The first-order valence-electron chi connectivity index (χ1n) is 6.09. The van der Waals surface area contributed by atoms with Crippen LogP contribution in [0.15, 0.2) is 18.2 Å². The number of methoxy groups -OCH3 is 1. The molecule has 1 aliphatic rings. The predicted molar refractivity (Wildman–Crippen MR) is 68.0 cm³/mol. The maximum Gasteiger partial charge on any atom is 0.255 e. The molecule has 98 valence electrons. The molecular weight excluding hydrogens is 232 g/mol. The highest BCUT2D eigenvalue weighted by atomic mass is 16.5. The van der Waals surface area contributed by atoms with Gasteiger partial charge in [0, 0.05) is 25.2 Å². The van der Waals surface area contributed by atoms with Crippen LogP contribution in [0.3, 0.4) is 0 Å². The zero-order valence-corrected chi connectivity index (χ0v) is 10.4. The topological polar surface area (TPSA) is 70.6 Å². The fourth-order valence-corrected chi connectivity index (χ4v) is 1.67. The second kappa shape index (κ2) is 5.73. The van der Waals surface area contributed by atoms with E-state index >= 15 is 0 Å². The van der Waals surface area contributed by atoms with Crippen LogP contribution in [0.5, 0.6) is 11.5 Å². The van der Waals surface area contributed by atoms with Gasteiger partial charge in [0.05, 0.1) is 12.7 Å². The van der Waals surface area contributed by atoms with Crippen molar-refractivity contribution in [3.63, 3.8) is 0 Å². The summed E-state index contributed by atoms with van der Waals surface area (Å²) in [4.78, 5) is 11.8. The van der Waals surface area contributed by atoms with Crippen molar-refractivity contribution in [1.29, 1.82) is 0 Å². The molecule has 5 nitrogen and oxygen atoms in total. The molecule has 0 heterocycles. The van der Waals surface area contributed by atoms with Crippen molar-refractivity contribution in [2.75, 3.05) is 20.2 Å². The van der Waals surface area contributed by atoms with E-state index in [9.17, 15) is 9.90 Å². The molecule has 1 aromatic rings. The monoisotopic (exact) mass is 250 g/mol. The van der Waals surface area contributed by atoms with Crippen molar-refractivity contribution in [2.45, 2.75) is 18.9 Å². The van der Waals surface area contributed by atoms with Crippen molar-refractivity contribution in [1.82, 2.24) is 10.6 Å². The molecule has 1 fully saturated rings. The van der Waals surface area contributed by atoms with E-state index in [1.807, 2.05) is 0 Å². The molecule has 0 radical (unpaired) electrons. The van der Waals surface area contributed by atoms with Crippen molar-refractivity contribution < 1.29 is 14.6 Å². The van der Waals surface area contributed by atoms with Gasteiger partial charge in [-0.25, -0.2) is 0 Å². The third-order valence-corrected chi connectivity index (χ3v) is 2.87. The molecule has 0 aromatic heterocycles. The largest absolute Gasteiger partial charge is 0.507 e. The van der Waals surface area contributed by atoms with Gasteiger partial charge in [-0.05, 0) is 25.0 Å². The summed E-state index contributed by atoms with van der Waals surface area (Å²) in [5.74, 6) is 0.189. The Labute approximate surface area is 106 Å². The Morgan fingerprint density at radius 3 is 2.83 bits per heavy atom. The Balaban J connectivity index is 1.83. The molecule has 0 unspecified atom stereocenters. The maximum absolute atomic E-state index is 11.8. The molecule has 0 atom stereocenters. The number of phenolic OH excluding ortho intramolecular Hbond substituents is 1. The molecule has 0 spiro atoms. The van der Waals surface area contributed by atoms with Gasteiger partial charge < -0.3 is 20.5 Å². The van der Waals surface area contributed by atoms with E-state index in [1.54, 1.807) is 12.1 Å². The van der Waals surface area contributed by atoms with Crippen LogP contribution in [0.2, 0.25) is 0 Å². The van der Waals surface area contributed by atoms with Crippen molar-refractivity contribution in [3.8, 4) is 11.5 Å². The van der Waals surface area contributed by atoms with E-state index < -0.39 is 0 Å². The molecule has 18 heavy (non-hydrogen) atoms. The minimum Gasteiger partial charge on any atom is -0.507 e. The number of hydrogen-bond donors (Lipinski definition) is 3. The second-order valence-corrected chi connectivity index (χ2v) is 4.37. The molecule has 1 amide bonds. The van der Waals surface area contributed by atoms with Crippen LogP contribution in [0, 0.1) is 0 Å². The molecular formula is C13H18N2O3. The fraction of sp³-hybridized carbons (Fsp3) is 0.462. The second-order valence-electron chi connectivity index (χ2n) is 4.37. The number of carbonyl (C=O) groups excluding carboxylic acids is 1. The van der Waals surface area contributed by atoms with E-state index in [0.717, 1.165) is 6.54 Å². The molecule has 0 saturated heterocycles. The van der Waals surface area contributed by atoms with Crippen molar-refractivity contribution in [3.05, 3.63) is 23.8 Å². The molecule has 1 aliphatic carbocycles. The molecule has 3 N–H and O–H groups in total. The number of carbonyl (C=O) groups is 1. The van der Waals surface area contributed by atoms with E-state index in [2.05, 4.69) is 10.6 Å². The summed E-state index contributed by atoms with van der Waals surface area (Å²) in [5, 5.41) is 15.7. The molecule has 1 aromatic carbocycles. The standard InChI is InChI=1S/C13H18N2O3/c1-18-10-4-5-11(12(16)8-10)13(17)15-7-6-14-9-2-3-9/h4-5,8-9,14,16H,2-3,6-7H2,1H3,(H,15,17). The molecule has 0 bridgehead atoms. The first kappa shape index (κ1) is 12.7. The van der Waals surface area contributed by atoms with Crippen LogP contribution < -0.4 is 15.4 Å². The molecule has 0 aliphatic heterocycles. The lowest BCUT2D eigenvalue weighted by Crippen LogP contribution is -2.32. The SMILES string of the molecule is COc1ccc(C(=O)NCCNC2CC2)c(O)c1. The van der Waals surface area contributed by atoms with Gasteiger partial charge in [0.2, 0.25) is 0 Å². The first-order valence-corrected chi connectivity index (χ1v) is 6.09. The zero-order chi connectivity index (χ0) is 13.0. The van der Waals surface area contributed by atoms with Gasteiger partial charge >= 0.3 is 0 Å². The Morgan fingerprint density at radius 2 is 2.22 bits per heavy atom. The normalized spacial score (nSPS) is 14.3. The van der Waals surface area contributed by atoms with Crippen molar-refractivity contribution >= 4 is 5.91 Å². The average molecular weight is 250 g/mol. The molecule has 1 saturated carbocycles. The number of nitrogens with one attached hydrogen (secondary N) is 2. The number of phenols is 1. The fourth-order valence-electron chi connectivity index (χ4n) is 1.67. The lowest BCUT2D eigenvalue weighted by Gasteiger charge is -2.08. The van der Waals surface area contributed by atoms with E-state index in [1.165, 1.54) is 26.0 Å². The Morgan fingerprint density at radius 1 is 1.44 bits per heavy atom. The highest BCUT2D eigenvalue weighted by Crippen LogP contribution is 2.23.